The summed E-state index contributed by atoms with van der Waals surface area (Å²) in [4.78, 5) is 27.1. The second-order valence-corrected chi connectivity index (χ2v) is 7.98. The summed E-state index contributed by atoms with van der Waals surface area (Å²) < 4.78 is 7.27. The molecule has 0 radical (unpaired) electrons. The van der Waals surface area contributed by atoms with Crippen LogP contribution in [0.25, 0.3) is 21.7 Å². The van der Waals surface area contributed by atoms with E-state index in [0.717, 1.165) is 27.2 Å². The average Bonchev–Trinajstić information content (AvgIpc) is 3.21. The molecule has 0 bridgehead atoms. The van der Waals surface area contributed by atoms with Gasteiger partial charge in [0, 0.05) is 41.3 Å². The Morgan fingerprint density at radius 2 is 1.73 bits per heavy atom. The minimum atomic E-state index is -0.275. The summed E-state index contributed by atoms with van der Waals surface area (Å²) in [5, 5.41) is 7.23. The number of carbonyl (C=O) groups is 2. The number of rotatable bonds is 5. The van der Waals surface area contributed by atoms with E-state index in [0.29, 0.717) is 31.9 Å². The number of ether oxygens (including phenoxy) is 1. The van der Waals surface area contributed by atoms with Crippen LogP contribution in [0, 0.1) is 0 Å². The maximum absolute atomic E-state index is 12.7. The number of aromatic nitrogens is 1. The Morgan fingerprint density at radius 3 is 2.58 bits per heavy atom. The average molecular weight is 441 g/mol. The van der Waals surface area contributed by atoms with Crippen LogP contribution in [0.4, 0.5) is 0 Å². The number of hydrogen-bond acceptors (Lipinski definition) is 4. The first-order valence-electron chi connectivity index (χ1n) is 10.9. The van der Waals surface area contributed by atoms with Gasteiger partial charge in [0.05, 0.1) is 19.4 Å². The van der Waals surface area contributed by atoms with Crippen LogP contribution < -0.4 is 5.43 Å². The van der Waals surface area contributed by atoms with Gasteiger partial charge < -0.3 is 14.2 Å². The molecular formula is C26H24N4O3. The van der Waals surface area contributed by atoms with Gasteiger partial charge in [-0.1, -0.05) is 48.5 Å². The molecular weight excluding hydrogens is 416 g/mol. The van der Waals surface area contributed by atoms with Crippen molar-refractivity contribution in [3.8, 4) is 0 Å². The Labute approximate surface area is 191 Å². The van der Waals surface area contributed by atoms with Crippen LogP contribution in [0.2, 0.25) is 0 Å². The smallest absolute Gasteiger partial charge is 0.271 e. The number of amides is 2. The van der Waals surface area contributed by atoms with Gasteiger partial charge in [0.25, 0.3) is 5.91 Å². The van der Waals surface area contributed by atoms with Crippen molar-refractivity contribution < 1.29 is 14.3 Å². The van der Waals surface area contributed by atoms with Gasteiger partial charge in [0.2, 0.25) is 5.91 Å². The van der Waals surface area contributed by atoms with Gasteiger partial charge in [-0.25, -0.2) is 5.43 Å². The molecule has 1 saturated heterocycles. The van der Waals surface area contributed by atoms with Crippen molar-refractivity contribution >= 4 is 39.7 Å². The van der Waals surface area contributed by atoms with Gasteiger partial charge in [0.15, 0.2) is 0 Å². The topological polar surface area (TPSA) is 75.9 Å². The third-order valence-electron chi connectivity index (χ3n) is 5.87. The molecule has 2 amide bonds. The fraction of sp³-hybridized carbons (Fsp3) is 0.192. The normalized spacial score (nSPS) is 14.2. The molecule has 0 atom stereocenters. The van der Waals surface area contributed by atoms with E-state index in [1.807, 2.05) is 76.3 Å². The molecule has 1 aromatic heterocycles. The molecule has 0 aliphatic carbocycles. The van der Waals surface area contributed by atoms with Crippen LogP contribution in [0.5, 0.6) is 0 Å². The maximum Gasteiger partial charge on any atom is 0.271 e. The summed E-state index contributed by atoms with van der Waals surface area (Å²) in [5.41, 5.74) is 4.93. The van der Waals surface area contributed by atoms with Crippen molar-refractivity contribution in [2.45, 2.75) is 6.54 Å². The molecule has 2 heterocycles. The second-order valence-electron chi connectivity index (χ2n) is 7.98. The number of morpholine rings is 1. The number of hydrogen-bond donors (Lipinski definition) is 1. The standard InChI is InChI=1S/C26H24N4O3/c31-25(29-11-13-33-14-12-29)18-30-17-22(23-7-3-4-8-24(23)30)16-27-28-26(32)21-10-9-19-5-1-2-6-20(19)15-21/h1-10,15-17H,11-14,18H2,(H,28,32)/b27-16+. The van der Waals surface area contributed by atoms with E-state index in [4.69, 9.17) is 4.74 Å². The van der Waals surface area contributed by atoms with Gasteiger partial charge in [-0.15, -0.1) is 0 Å². The van der Waals surface area contributed by atoms with E-state index in [1.54, 1.807) is 12.3 Å². The van der Waals surface area contributed by atoms with Crippen molar-refractivity contribution in [3.63, 3.8) is 0 Å². The van der Waals surface area contributed by atoms with Gasteiger partial charge in [0.1, 0.15) is 6.54 Å². The third-order valence-corrected chi connectivity index (χ3v) is 5.87. The van der Waals surface area contributed by atoms with Crippen molar-refractivity contribution in [1.29, 1.82) is 0 Å². The largest absolute Gasteiger partial charge is 0.378 e. The fourth-order valence-corrected chi connectivity index (χ4v) is 4.12. The lowest BCUT2D eigenvalue weighted by Gasteiger charge is -2.27. The summed E-state index contributed by atoms with van der Waals surface area (Å²) >= 11 is 0. The highest BCUT2D eigenvalue weighted by molar-refractivity contribution is 6.02. The number of benzene rings is 3. The lowest BCUT2D eigenvalue weighted by atomic mass is 10.1. The Morgan fingerprint density at radius 1 is 0.970 bits per heavy atom. The van der Waals surface area contributed by atoms with Gasteiger partial charge in [-0.2, -0.15) is 5.10 Å². The number of nitrogens with one attached hydrogen (secondary N) is 1. The minimum Gasteiger partial charge on any atom is -0.378 e. The fourth-order valence-electron chi connectivity index (χ4n) is 4.12. The molecule has 0 unspecified atom stereocenters. The van der Waals surface area contributed by atoms with Crippen molar-refractivity contribution in [1.82, 2.24) is 14.9 Å². The summed E-state index contributed by atoms with van der Waals surface area (Å²) in [6.07, 6.45) is 3.52. The number of carbonyl (C=O) groups excluding carboxylic acids is 2. The van der Waals surface area contributed by atoms with Crippen molar-refractivity contribution in [2.75, 3.05) is 26.3 Å². The summed E-state index contributed by atoms with van der Waals surface area (Å²) in [7, 11) is 0. The van der Waals surface area contributed by atoms with Gasteiger partial charge in [-0.3, -0.25) is 9.59 Å². The molecule has 166 valence electrons. The first kappa shape index (κ1) is 20.9. The zero-order valence-corrected chi connectivity index (χ0v) is 18.1. The number of nitrogens with zero attached hydrogens (tertiary/aromatic N) is 3. The Kier molecular flexibility index (Phi) is 5.87. The summed E-state index contributed by atoms with van der Waals surface area (Å²) in [6, 6.07) is 21.3. The van der Waals surface area contributed by atoms with Crippen LogP contribution in [-0.4, -0.2) is 53.8 Å². The molecule has 1 N–H and O–H groups in total. The van der Waals surface area contributed by atoms with E-state index in [1.165, 1.54) is 0 Å². The monoisotopic (exact) mass is 440 g/mol. The zero-order chi connectivity index (χ0) is 22.6. The number of hydrazone groups is 1. The molecule has 33 heavy (non-hydrogen) atoms. The SMILES string of the molecule is O=C(N/N=C/c1cn(CC(=O)N2CCOCC2)c2ccccc12)c1ccc2ccccc2c1. The maximum atomic E-state index is 12.7. The van der Waals surface area contributed by atoms with Crippen LogP contribution >= 0.6 is 0 Å². The predicted molar refractivity (Wildman–Crippen MR) is 128 cm³/mol. The molecule has 5 rings (SSSR count). The highest BCUT2D eigenvalue weighted by atomic mass is 16.5. The minimum absolute atomic E-state index is 0.0622. The van der Waals surface area contributed by atoms with Crippen LogP contribution in [-0.2, 0) is 16.1 Å². The lowest BCUT2D eigenvalue weighted by Crippen LogP contribution is -2.42. The van der Waals surface area contributed by atoms with Gasteiger partial charge in [-0.05, 0) is 29.0 Å². The number of para-hydroxylation sites is 1. The van der Waals surface area contributed by atoms with E-state index >= 15 is 0 Å². The molecule has 1 fully saturated rings. The number of fused-ring (bicyclic) bond motifs is 2. The molecule has 1 aliphatic heterocycles. The molecule has 4 aromatic rings. The second kappa shape index (κ2) is 9.26. The zero-order valence-electron chi connectivity index (χ0n) is 18.1. The van der Waals surface area contributed by atoms with Crippen molar-refractivity contribution in [3.05, 3.63) is 84.1 Å². The van der Waals surface area contributed by atoms with E-state index in [-0.39, 0.29) is 18.4 Å². The van der Waals surface area contributed by atoms with Crippen LogP contribution in [0.1, 0.15) is 15.9 Å². The summed E-state index contributed by atoms with van der Waals surface area (Å²) in [6.45, 7) is 2.64. The van der Waals surface area contributed by atoms with E-state index < -0.39 is 0 Å². The van der Waals surface area contributed by atoms with E-state index in [2.05, 4.69) is 10.5 Å². The molecule has 0 saturated carbocycles. The van der Waals surface area contributed by atoms with Crippen LogP contribution in [0.3, 0.4) is 0 Å². The first-order valence-corrected chi connectivity index (χ1v) is 10.9. The van der Waals surface area contributed by atoms with Crippen molar-refractivity contribution in [2.24, 2.45) is 5.10 Å². The molecule has 3 aromatic carbocycles. The predicted octanol–water partition coefficient (Wildman–Crippen LogP) is 3.42. The lowest BCUT2D eigenvalue weighted by molar-refractivity contribution is -0.135. The third kappa shape index (κ3) is 4.49. The van der Waals surface area contributed by atoms with Gasteiger partial charge >= 0.3 is 0 Å². The molecule has 7 nitrogen and oxygen atoms in total. The highest BCUT2D eigenvalue weighted by Crippen LogP contribution is 2.20. The highest BCUT2D eigenvalue weighted by Gasteiger charge is 2.18. The Hall–Kier alpha value is -3.97. The van der Waals surface area contributed by atoms with E-state index in [9.17, 15) is 9.59 Å². The molecule has 0 spiro atoms. The molecule has 7 heteroatoms. The van der Waals surface area contributed by atoms with Crippen LogP contribution in [0.15, 0.2) is 78.0 Å². The molecule has 1 aliphatic rings. The summed E-state index contributed by atoms with van der Waals surface area (Å²) in [5.74, 6) is -0.213. The quantitative estimate of drug-likeness (QED) is 0.382. The Balaban J connectivity index is 1.32. The Bertz CT molecular complexity index is 1350. The first-order chi connectivity index (χ1) is 16.2.